The lowest BCUT2D eigenvalue weighted by Gasteiger charge is -2.34. The molecule has 0 bridgehead atoms. The highest BCUT2D eigenvalue weighted by Crippen LogP contribution is 2.22. The van der Waals surface area contributed by atoms with E-state index in [2.05, 4.69) is 9.88 Å². The number of fused-ring (bicyclic) bond motifs is 1. The van der Waals surface area contributed by atoms with Gasteiger partial charge in [-0.15, -0.1) is 0 Å². The van der Waals surface area contributed by atoms with Crippen LogP contribution in [0.4, 0.5) is 6.01 Å². The van der Waals surface area contributed by atoms with E-state index in [1.807, 2.05) is 43.0 Å². The molecule has 0 atom stereocenters. The van der Waals surface area contributed by atoms with E-state index in [4.69, 9.17) is 4.42 Å². The van der Waals surface area contributed by atoms with Crippen molar-refractivity contribution in [1.29, 1.82) is 0 Å². The van der Waals surface area contributed by atoms with Crippen LogP contribution in [0.3, 0.4) is 0 Å². The Morgan fingerprint density at radius 3 is 2.55 bits per heavy atom. The molecule has 5 nitrogen and oxygen atoms in total. The summed E-state index contributed by atoms with van der Waals surface area (Å²) in [5, 5.41) is 0. The van der Waals surface area contributed by atoms with Crippen LogP contribution in [0.2, 0.25) is 0 Å². The molecule has 1 saturated heterocycles. The topological polar surface area (TPSA) is 49.6 Å². The molecule has 0 spiro atoms. The first-order valence-corrected chi connectivity index (χ1v) is 7.04. The molecule has 1 aliphatic heterocycles. The Kier molecular flexibility index (Phi) is 3.34. The first-order valence-electron chi connectivity index (χ1n) is 7.04. The van der Waals surface area contributed by atoms with E-state index in [0.717, 1.165) is 37.3 Å². The number of para-hydroxylation sites is 2. The van der Waals surface area contributed by atoms with Crippen LogP contribution in [0, 0.1) is 5.92 Å². The summed E-state index contributed by atoms with van der Waals surface area (Å²) in [4.78, 5) is 20.5. The van der Waals surface area contributed by atoms with Crippen molar-refractivity contribution < 1.29 is 9.21 Å². The van der Waals surface area contributed by atoms with Gasteiger partial charge in [-0.2, -0.15) is 4.98 Å². The average molecular weight is 273 g/mol. The Labute approximate surface area is 118 Å². The number of piperazine rings is 1. The lowest BCUT2D eigenvalue weighted by Crippen LogP contribution is -2.50. The summed E-state index contributed by atoms with van der Waals surface area (Å²) in [7, 11) is 0. The molecule has 106 valence electrons. The fourth-order valence-corrected chi connectivity index (χ4v) is 2.48. The molecule has 1 fully saturated rings. The number of nitrogens with zero attached hydrogens (tertiary/aromatic N) is 3. The van der Waals surface area contributed by atoms with Crippen LogP contribution >= 0.6 is 0 Å². The molecule has 0 N–H and O–H groups in total. The maximum atomic E-state index is 12.0. The predicted octanol–water partition coefficient (Wildman–Crippen LogP) is 2.13. The SMILES string of the molecule is CC(C)C(=O)N1CCN(c2nc3ccccc3o2)CC1. The van der Waals surface area contributed by atoms with Crippen molar-refractivity contribution in [2.24, 2.45) is 5.92 Å². The highest BCUT2D eigenvalue weighted by molar-refractivity contribution is 5.78. The average Bonchev–Trinajstić information content (AvgIpc) is 2.90. The maximum absolute atomic E-state index is 12.0. The smallest absolute Gasteiger partial charge is 0.298 e. The molecule has 5 heteroatoms. The monoisotopic (exact) mass is 273 g/mol. The number of amides is 1. The zero-order valence-corrected chi connectivity index (χ0v) is 11.9. The van der Waals surface area contributed by atoms with Gasteiger partial charge < -0.3 is 14.2 Å². The van der Waals surface area contributed by atoms with Gasteiger partial charge in [-0.3, -0.25) is 4.79 Å². The Morgan fingerprint density at radius 2 is 1.90 bits per heavy atom. The molecule has 0 saturated carbocycles. The van der Waals surface area contributed by atoms with Crippen molar-refractivity contribution in [3.63, 3.8) is 0 Å². The number of rotatable bonds is 2. The second kappa shape index (κ2) is 5.15. The van der Waals surface area contributed by atoms with Crippen molar-refractivity contribution >= 4 is 23.0 Å². The summed E-state index contributed by atoms with van der Waals surface area (Å²) < 4.78 is 5.76. The van der Waals surface area contributed by atoms with Gasteiger partial charge >= 0.3 is 0 Å². The highest BCUT2D eigenvalue weighted by atomic mass is 16.4. The van der Waals surface area contributed by atoms with Gasteiger partial charge in [-0.05, 0) is 12.1 Å². The lowest BCUT2D eigenvalue weighted by atomic mass is 10.1. The minimum atomic E-state index is 0.0610. The van der Waals surface area contributed by atoms with Gasteiger partial charge in [-0.1, -0.05) is 26.0 Å². The fourth-order valence-electron chi connectivity index (χ4n) is 2.48. The lowest BCUT2D eigenvalue weighted by molar-refractivity contribution is -0.134. The second-order valence-corrected chi connectivity index (χ2v) is 5.43. The van der Waals surface area contributed by atoms with E-state index in [9.17, 15) is 4.79 Å². The minimum Gasteiger partial charge on any atom is -0.423 e. The van der Waals surface area contributed by atoms with Gasteiger partial charge in [0.2, 0.25) is 5.91 Å². The summed E-state index contributed by atoms with van der Waals surface area (Å²) in [5.41, 5.74) is 1.69. The Hall–Kier alpha value is -2.04. The summed E-state index contributed by atoms with van der Waals surface area (Å²) in [6.45, 7) is 6.88. The molecule has 2 aromatic rings. The van der Waals surface area contributed by atoms with E-state index in [-0.39, 0.29) is 11.8 Å². The maximum Gasteiger partial charge on any atom is 0.298 e. The standard InChI is InChI=1S/C15H19N3O2/c1-11(2)14(19)17-7-9-18(10-8-17)15-16-12-5-3-4-6-13(12)20-15/h3-6,11H,7-10H2,1-2H3. The van der Waals surface area contributed by atoms with Crippen LogP contribution in [0.25, 0.3) is 11.1 Å². The third kappa shape index (κ3) is 2.35. The molecule has 0 unspecified atom stereocenters. The molecular weight excluding hydrogens is 254 g/mol. The van der Waals surface area contributed by atoms with Crippen LogP contribution < -0.4 is 4.90 Å². The molecule has 0 aliphatic carbocycles. The molecule has 1 aromatic carbocycles. The van der Waals surface area contributed by atoms with Gasteiger partial charge in [0.05, 0.1) is 0 Å². The fraction of sp³-hybridized carbons (Fsp3) is 0.467. The van der Waals surface area contributed by atoms with Crippen LogP contribution in [0.1, 0.15) is 13.8 Å². The molecule has 0 radical (unpaired) electrons. The third-order valence-corrected chi connectivity index (χ3v) is 3.64. The van der Waals surface area contributed by atoms with Crippen LogP contribution in [-0.4, -0.2) is 42.0 Å². The van der Waals surface area contributed by atoms with Crippen LogP contribution in [-0.2, 0) is 4.79 Å². The molecule has 3 rings (SSSR count). The van der Waals surface area contributed by atoms with E-state index in [1.165, 1.54) is 0 Å². The first-order chi connectivity index (χ1) is 9.65. The summed E-state index contributed by atoms with van der Waals surface area (Å²) in [5.74, 6) is 0.285. The number of carbonyl (C=O) groups excluding carboxylic acids is 1. The Balaban J connectivity index is 1.70. The van der Waals surface area contributed by atoms with E-state index in [1.54, 1.807) is 0 Å². The third-order valence-electron chi connectivity index (χ3n) is 3.64. The molecule has 1 amide bonds. The number of aromatic nitrogens is 1. The second-order valence-electron chi connectivity index (χ2n) is 5.43. The summed E-state index contributed by atoms with van der Waals surface area (Å²) in [6.07, 6.45) is 0. The summed E-state index contributed by atoms with van der Waals surface area (Å²) in [6, 6.07) is 8.41. The van der Waals surface area contributed by atoms with Crippen molar-refractivity contribution in [3.8, 4) is 0 Å². The largest absolute Gasteiger partial charge is 0.423 e. The van der Waals surface area contributed by atoms with Gasteiger partial charge in [-0.25, -0.2) is 0 Å². The van der Waals surface area contributed by atoms with Crippen LogP contribution in [0.5, 0.6) is 0 Å². The van der Waals surface area contributed by atoms with Crippen molar-refractivity contribution in [2.75, 3.05) is 31.1 Å². The van der Waals surface area contributed by atoms with E-state index < -0.39 is 0 Å². The number of carbonyl (C=O) groups is 1. The first kappa shape index (κ1) is 13.0. The van der Waals surface area contributed by atoms with Gasteiger partial charge in [0.1, 0.15) is 5.52 Å². The van der Waals surface area contributed by atoms with E-state index in [0.29, 0.717) is 6.01 Å². The quantitative estimate of drug-likeness (QED) is 0.841. The van der Waals surface area contributed by atoms with Crippen molar-refractivity contribution in [1.82, 2.24) is 9.88 Å². The minimum absolute atomic E-state index is 0.0610. The zero-order valence-electron chi connectivity index (χ0n) is 11.9. The molecular formula is C15H19N3O2. The molecule has 1 aromatic heterocycles. The zero-order chi connectivity index (χ0) is 14.1. The van der Waals surface area contributed by atoms with Gasteiger partial charge in [0, 0.05) is 32.1 Å². The van der Waals surface area contributed by atoms with Crippen LogP contribution in [0.15, 0.2) is 28.7 Å². The van der Waals surface area contributed by atoms with Gasteiger partial charge in [0.15, 0.2) is 5.58 Å². The number of anilines is 1. The van der Waals surface area contributed by atoms with E-state index >= 15 is 0 Å². The van der Waals surface area contributed by atoms with Crippen molar-refractivity contribution in [3.05, 3.63) is 24.3 Å². The molecule has 20 heavy (non-hydrogen) atoms. The normalized spacial score (nSPS) is 16.1. The number of hydrogen-bond acceptors (Lipinski definition) is 4. The molecule has 2 heterocycles. The summed E-state index contributed by atoms with van der Waals surface area (Å²) >= 11 is 0. The predicted molar refractivity (Wildman–Crippen MR) is 77.6 cm³/mol. The number of hydrogen-bond donors (Lipinski definition) is 0. The Morgan fingerprint density at radius 1 is 1.20 bits per heavy atom. The molecule has 1 aliphatic rings. The Bertz CT molecular complexity index is 579. The highest BCUT2D eigenvalue weighted by Gasteiger charge is 2.25. The number of oxazole rings is 1. The van der Waals surface area contributed by atoms with Gasteiger partial charge in [0.25, 0.3) is 6.01 Å². The van der Waals surface area contributed by atoms with Crippen molar-refractivity contribution in [2.45, 2.75) is 13.8 Å². The number of benzene rings is 1.